The smallest absolute Gasteiger partial charge is 0.254 e. The van der Waals surface area contributed by atoms with E-state index in [1.54, 1.807) is 36.4 Å². The van der Waals surface area contributed by atoms with Crippen LogP contribution < -0.4 is 10.9 Å². The number of aromatic nitrogens is 1. The van der Waals surface area contributed by atoms with E-state index in [1.165, 1.54) is 18.0 Å². The summed E-state index contributed by atoms with van der Waals surface area (Å²) in [6, 6.07) is 15.5. The van der Waals surface area contributed by atoms with E-state index in [9.17, 15) is 14.4 Å². The van der Waals surface area contributed by atoms with Crippen LogP contribution in [0.4, 0.5) is 5.69 Å². The van der Waals surface area contributed by atoms with Crippen LogP contribution in [0, 0.1) is 0 Å². The van der Waals surface area contributed by atoms with Gasteiger partial charge in [0.1, 0.15) is 0 Å². The van der Waals surface area contributed by atoms with Crippen molar-refractivity contribution < 1.29 is 9.59 Å². The molecule has 132 valence electrons. The molecule has 0 bridgehead atoms. The Morgan fingerprint density at radius 3 is 2.58 bits per heavy atom. The Hall–Kier alpha value is -2.93. The third-order valence-corrected chi connectivity index (χ3v) is 4.55. The second-order valence-corrected chi connectivity index (χ2v) is 6.64. The van der Waals surface area contributed by atoms with Crippen LogP contribution in [0.1, 0.15) is 10.4 Å². The number of fused-ring (bicyclic) bond motifs is 1. The van der Waals surface area contributed by atoms with Gasteiger partial charge in [0.25, 0.3) is 5.91 Å². The van der Waals surface area contributed by atoms with Gasteiger partial charge >= 0.3 is 0 Å². The van der Waals surface area contributed by atoms with Crippen molar-refractivity contribution in [3.05, 3.63) is 75.0 Å². The Kier molecular flexibility index (Phi) is 5.18. The first-order chi connectivity index (χ1) is 12.5. The minimum atomic E-state index is -0.394. The minimum absolute atomic E-state index is 0.138. The van der Waals surface area contributed by atoms with E-state index in [0.717, 1.165) is 4.47 Å². The second-order valence-electron chi connectivity index (χ2n) is 5.78. The number of H-pyrrole nitrogens is 1. The molecule has 0 spiro atoms. The van der Waals surface area contributed by atoms with Gasteiger partial charge in [0, 0.05) is 28.5 Å². The molecule has 6 nitrogen and oxygen atoms in total. The molecule has 0 aliphatic carbocycles. The van der Waals surface area contributed by atoms with Crippen LogP contribution in [0.2, 0.25) is 0 Å². The molecule has 0 saturated heterocycles. The zero-order chi connectivity index (χ0) is 18.7. The van der Waals surface area contributed by atoms with E-state index < -0.39 is 5.91 Å². The van der Waals surface area contributed by atoms with Crippen molar-refractivity contribution in [2.24, 2.45) is 0 Å². The van der Waals surface area contributed by atoms with Gasteiger partial charge in [0.2, 0.25) is 11.5 Å². The fourth-order valence-electron chi connectivity index (χ4n) is 2.63. The molecule has 0 saturated carbocycles. The molecule has 2 N–H and O–H groups in total. The summed E-state index contributed by atoms with van der Waals surface area (Å²) < 4.78 is 0.753. The number of carbonyl (C=O) groups excluding carboxylic acids is 2. The topological polar surface area (TPSA) is 82.3 Å². The average Bonchev–Trinajstić information content (AvgIpc) is 2.62. The molecule has 0 fully saturated rings. The molecule has 26 heavy (non-hydrogen) atoms. The van der Waals surface area contributed by atoms with Crippen molar-refractivity contribution in [2.75, 3.05) is 18.9 Å². The molecule has 0 atom stereocenters. The van der Waals surface area contributed by atoms with Gasteiger partial charge in [-0.15, -0.1) is 0 Å². The van der Waals surface area contributed by atoms with Crippen LogP contribution in [0.25, 0.3) is 10.9 Å². The third kappa shape index (κ3) is 3.83. The van der Waals surface area contributed by atoms with Crippen molar-refractivity contribution in [2.45, 2.75) is 0 Å². The van der Waals surface area contributed by atoms with Crippen molar-refractivity contribution in [1.82, 2.24) is 9.88 Å². The highest BCUT2D eigenvalue weighted by Crippen LogP contribution is 2.21. The van der Waals surface area contributed by atoms with Gasteiger partial charge in [-0.1, -0.05) is 30.3 Å². The molecule has 0 radical (unpaired) electrons. The molecule has 3 rings (SSSR count). The lowest BCUT2D eigenvalue weighted by atomic mass is 10.1. The zero-order valence-corrected chi connectivity index (χ0v) is 15.5. The second kappa shape index (κ2) is 7.53. The third-order valence-electron chi connectivity index (χ3n) is 3.86. The highest BCUT2D eigenvalue weighted by Gasteiger charge is 2.18. The molecule has 7 heteroatoms. The maximum atomic E-state index is 12.7. The number of hydrogen-bond donors (Lipinski definition) is 2. The summed E-state index contributed by atoms with van der Waals surface area (Å²) in [7, 11) is 1.53. The largest absolute Gasteiger partial charge is 0.332 e. The normalized spacial score (nSPS) is 10.5. The van der Waals surface area contributed by atoms with Crippen molar-refractivity contribution in [3.63, 3.8) is 0 Å². The number of pyridine rings is 1. The first-order valence-corrected chi connectivity index (χ1v) is 8.67. The fraction of sp³-hybridized carbons (Fsp3) is 0.105. The van der Waals surface area contributed by atoms with Gasteiger partial charge in [-0.3, -0.25) is 14.4 Å². The summed E-state index contributed by atoms with van der Waals surface area (Å²) in [5.41, 5.74) is 1.10. The predicted octanol–water partition coefficient (Wildman–Crippen LogP) is 3.00. The van der Waals surface area contributed by atoms with E-state index in [-0.39, 0.29) is 23.6 Å². The van der Waals surface area contributed by atoms with E-state index in [0.29, 0.717) is 16.6 Å². The van der Waals surface area contributed by atoms with Gasteiger partial charge in [0.15, 0.2) is 0 Å². The molecular formula is C19H16BrN3O3. The van der Waals surface area contributed by atoms with Crippen LogP contribution in [-0.4, -0.2) is 35.3 Å². The van der Waals surface area contributed by atoms with E-state index in [4.69, 9.17) is 0 Å². The summed E-state index contributed by atoms with van der Waals surface area (Å²) in [5, 5.41) is 3.38. The van der Waals surface area contributed by atoms with E-state index >= 15 is 0 Å². The van der Waals surface area contributed by atoms with Gasteiger partial charge in [0.05, 0.1) is 17.8 Å². The quantitative estimate of drug-likeness (QED) is 0.689. The summed E-state index contributed by atoms with van der Waals surface area (Å²) in [5.74, 6) is -0.725. The summed E-state index contributed by atoms with van der Waals surface area (Å²) >= 11 is 3.36. The van der Waals surface area contributed by atoms with E-state index in [2.05, 4.69) is 26.2 Å². The Labute approximate surface area is 158 Å². The van der Waals surface area contributed by atoms with Crippen LogP contribution in [0.5, 0.6) is 0 Å². The molecule has 0 aliphatic rings. The number of carbonyl (C=O) groups is 2. The van der Waals surface area contributed by atoms with E-state index in [1.807, 2.05) is 12.1 Å². The highest BCUT2D eigenvalue weighted by atomic mass is 79.9. The lowest BCUT2D eigenvalue weighted by Gasteiger charge is -2.18. The first kappa shape index (κ1) is 17.9. The molecule has 1 heterocycles. The Bertz CT molecular complexity index is 1050. The number of benzene rings is 2. The Balaban J connectivity index is 1.79. The number of halogens is 1. The number of likely N-dealkylation sites (N-methyl/N-ethyl adjacent to an activating group) is 1. The van der Waals surface area contributed by atoms with Crippen molar-refractivity contribution in [3.8, 4) is 0 Å². The van der Waals surface area contributed by atoms with Gasteiger partial charge < -0.3 is 15.2 Å². The number of rotatable bonds is 4. The van der Waals surface area contributed by atoms with Gasteiger partial charge in [-0.2, -0.15) is 0 Å². The van der Waals surface area contributed by atoms with Gasteiger partial charge in [-0.05, 0) is 34.1 Å². The number of nitrogens with one attached hydrogen (secondary N) is 2. The molecular weight excluding hydrogens is 398 g/mol. The SMILES string of the molecule is CN(CC(=O)Nc1ccccc1Br)C(=O)c1cc(=O)[nH]c2ccccc12. The van der Waals surface area contributed by atoms with Crippen molar-refractivity contribution in [1.29, 1.82) is 0 Å². The van der Waals surface area contributed by atoms with Crippen LogP contribution in [-0.2, 0) is 4.79 Å². The molecule has 0 aliphatic heterocycles. The number of anilines is 1. The van der Waals surface area contributed by atoms with Crippen LogP contribution in [0.3, 0.4) is 0 Å². The molecule has 2 aromatic carbocycles. The predicted molar refractivity (Wildman–Crippen MR) is 104 cm³/mol. The number of hydrogen-bond acceptors (Lipinski definition) is 3. The summed E-state index contributed by atoms with van der Waals surface area (Å²) in [6.07, 6.45) is 0. The maximum absolute atomic E-state index is 12.7. The lowest BCUT2D eigenvalue weighted by molar-refractivity contribution is -0.116. The summed E-state index contributed by atoms with van der Waals surface area (Å²) in [4.78, 5) is 40.8. The molecule has 3 aromatic rings. The zero-order valence-electron chi connectivity index (χ0n) is 14.0. The monoisotopic (exact) mass is 413 g/mol. The molecule has 1 aromatic heterocycles. The Morgan fingerprint density at radius 2 is 1.81 bits per heavy atom. The van der Waals surface area contributed by atoms with Crippen molar-refractivity contribution >= 4 is 44.3 Å². The Morgan fingerprint density at radius 1 is 1.12 bits per heavy atom. The maximum Gasteiger partial charge on any atom is 0.254 e. The highest BCUT2D eigenvalue weighted by molar-refractivity contribution is 9.10. The fourth-order valence-corrected chi connectivity index (χ4v) is 3.01. The first-order valence-electron chi connectivity index (χ1n) is 7.87. The number of para-hydroxylation sites is 2. The van der Waals surface area contributed by atoms with Crippen LogP contribution >= 0.6 is 15.9 Å². The standard InChI is InChI=1S/C19H16BrN3O3/c1-23(11-18(25)22-16-9-5-3-7-14(16)20)19(26)13-10-17(24)21-15-8-4-2-6-12(13)15/h2-10H,11H2,1H3,(H,21,24)(H,22,25). The van der Waals surface area contributed by atoms with Crippen LogP contribution in [0.15, 0.2) is 63.9 Å². The minimum Gasteiger partial charge on any atom is -0.332 e. The number of nitrogens with zero attached hydrogens (tertiary/aromatic N) is 1. The van der Waals surface area contributed by atoms with Gasteiger partial charge in [-0.25, -0.2) is 0 Å². The lowest BCUT2D eigenvalue weighted by Crippen LogP contribution is -2.35. The summed E-state index contributed by atoms with van der Waals surface area (Å²) in [6.45, 7) is -0.138. The number of amides is 2. The molecule has 2 amide bonds. The number of aromatic amines is 1. The molecule has 0 unspecified atom stereocenters. The average molecular weight is 414 g/mol.